The van der Waals surface area contributed by atoms with Gasteiger partial charge in [-0.15, -0.1) is 0 Å². The van der Waals surface area contributed by atoms with Crippen molar-refractivity contribution in [2.24, 2.45) is 10.8 Å². The van der Waals surface area contributed by atoms with Crippen molar-refractivity contribution in [3.05, 3.63) is 71.8 Å². The average molecular weight is 318 g/mol. The summed E-state index contributed by atoms with van der Waals surface area (Å²) < 4.78 is 0. The van der Waals surface area contributed by atoms with E-state index in [9.17, 15) is 14.4 Å². The largest absolute Gasteiger partial charge is 0.297 e. The summed E-state index contributed by atoms with van der Waals surface area (Å²) in [6.45, 7) is 0. The lowest BCUT2D eigenvalue weighted by atomic mass is 9.78. The Hall–Kier alpha value is -2.55. The predicted molar refractivity (Wildman–Crippen MR) is 89.9 cm³/mol. The maximum absolute atomic E-state index is 13.2. The van der Waals surface area contributed by atoms with Crippen LogP contribution < -0.4 is 0 Å². The van der Waals surface area contributed by atoms with E-state index in [0.717, 1.165) is 0 Å². The molecule has 3 nitrogen and oxygen atoms in total. The molecular weight excluding hydrogens is 300 g/mol. The van der Waals surface area contributed by atoms with Crippen LogP contribution >= 0.6 is 0 Å². The van der Waals surface area contributed by atoms with Gasteiger partial charge in [0.15, 0.2) is 17.3 Å². The van der Waals surface area contributed by atoms with Gasteiger partial charge in [-0.1, -0.05) is 60.7 Å². The molecule has 0 aliphatic heterocycles. The van der Waals surface area contributed by atoms with E-state index in [1.54, 1.807) is 48.5 Å². The highest BCUT2D eigenvalue weighted by Gasteiger charge is 2.68. The van der Waals surface area contributed by atoms with Gasteiger partial charge in [0.05, 0.1) is 10.8 Å². The van der Waals surface area contributed by atoms with Crippen LogP contribution in [0.2, 0.25) is 0 Å². The molecule has 0 saturated heterocycles. The molecule has 24 heavy (non-hydrogen) atoms. The molecule has 0 radical (unpaired) electrons. The summed E-state index contributed by atoms with van der Waals surface area (Å²) in [4.78, 5) is 38.9. The van der Waals surface area contributed by atoms with Crippen molar-refractivity contribution < 1.29 is 14.4 Å². The Morgan fingerprint density at radius 3 is 1.21 bits per heavy atom. The Bertz CT molecular complexity index is 743. The molecule has 0 aromatic heterocycles. The number of benzene rings is 2. The number of carbonyl (C=O) groups excluding carboxylic acids is 3. The fourth-order valence-corrected chi connectivity index (χ4v) is 3.55. The van der Waals surface area contributed by atoms with Gasteiger partial charge in [0.25, 0.3) is 0 Å². The second kappa shape index (κ2) is 5.23. The Morgan fingerprint density at radius 1 is 0.583 bits per heavy atom. The summed E-state index contributed by atoms with van der Waals surface area (Å²) in [5.41, 5.74) is -0.817. The van der Waals surface area contributed by atoms with Crippen molar-refractivity contribution in [3.63, 3.8) is 0 Å². The van der Waals surface area contributed by atoms with Crippen LogP contribution in [0.25, 0.3) is 0 Å². The van der Waals surface area contributed by atoms with Crippen LogP contribution in [0.1, 0.15) is 46.4 Å². The minimum absolute atomic E-state index is 0.125. The summed E-state index contributed by atoms with van der Waals surface area (Å²) in [5, 5.41) is 0. The summed E-state index contributed by atoms with van der Waals surface area (Å²) in [7, 11) is 0. The lowest BCUT2D eigenvalue weighted by molar-refractivity contribution is -0.126. The van der Waals surface area contributed by atoms with Crippen LogP contribution in [-0.2, 0) is 4.79 Å². The van der Waals surface area contributed by atoms with Crippen molar-refractivity contribution in [2.75, 3.05) is 0 Å². The van der Waals surface area contributed by atoms with Crippen LogP contribution in [0, 0.1) is 10.8 Å². The van der Waals surface area contributed by atoms with Crippen LogP contribution in [0.3, 0.4) is 0 Å². The first-order valence-electron chi connectivity index (χ1n) is 8.35. The van der Waals surface area contributed by atoms with Crippen molar-refractivity contribution in [2.45, 2.75) is 25.7 Å². The zero-order chi connectivity index (χ0) is 16.8. The maximum atomic E-state index is 13.2. The van der Waals surface area contributed by atoms with Gasteiger partial charge in [-0.05, 0) is 25.7 Å². The van der Waals surface area contributed by atoms with Gasteiger partial charge in [-0.3, -0.25) is 14.4 Å². The third kappa shape index (κ3) is 2.15. The monoisotopic (exact) mass is 318 g/mol. The van der Waals surface area contributed by atoms with E-state index in [1.807, 2.05) is 12.1 Å². The molecule has 0 unspecified atom stereocenters. The van der Waals surface area contributed by atoms with Crippen LogP contribution in [0.4, 0.5) is 0 Å². The van der Waals surface area contributed by atoms with Crippen LogP contribution in [0.5, 0.6) is 0 Å². The summed E-state index contributed by atoms with van der Waals surface area (Å²) >= 11 is 0. The maximum Gasteiger partial charge on any atom is 0.176 e. The molecular formula is C21H18O3. The molecule has 0 heterocycles. The normalized spacial score (nSPS) is 19.3. The number of ketones is 3. The lowest BCUT2D eigenvalue weighted by Crippen LogP contribution is -2.37. The molecule has 2 saturated carbocycles. The van der Waals surface area contributed by atoms with Gasteiger partial charge >= 0.3 is 0 Å². The zero-order valence-corrected chi connectivity index (χ0v) is 13.3. The minimum Gasteiger partial charge on any atom is -0.297 e. The average Bonchev–Trinajstić information content (AvgIpc) is 3.56. The predicted octanol–water partition coefficient (Wildman–Crippen LogP) is 3.88. The Morgan fingerprint density at radius 2 is 0.917 bits per heavy atom. The third-order valence-corrected chi connectivity index (χ3v) is 5.31. The van der Waals surface area contributed by atoms with E-state index in [1.165, 1.54) is 0 Å². The molecule has 4 rings (SSSR count). The summed E-state index contributed by atoms with van der Waals surface area (Å²) in [5.74, 6) is -0.404. The van der Waals surface area contributed by atoms with E-state index >= 15 is 0 Å². The number of Topliss-reactive ketones (excluding diaryl/α,β-unsaturated/α-hetero) is 3. The first kappa shape index (κ1) is 15.0. The fraction of sp³-hybridized carbons (Fsp3) is 0.286. The first-order chi connectivity index (χ1) is 11.6. The molecule has 2 aliphatic carbocycles. The SMILES string of the molecule is O=C(c1ccccc1)C1(C(=O)C2(C(=O)c3ccccc3)CC2)CC1. The van der Waals surface area contributed by atoms with E-state index in [-0.39, 0.29) is 17.3 Å². The van der Waals surface area contributed by atoms with E-state index in [2.05, 4.69) is 0 Å². The standard InChI is InChI=1S/C21H18O3/c22-17(15-7-3-1-4-8-15)20(11-12-20)19(24)21(13-14-21)18(23)16-9-5-2-6-10-16/h1-10H,11-14H2. The number of hydrogen-bond donors (Lipinski definition) is 0. The van der Waals surface area contributed by atoms with E-state index < -0.39 is 10.8 Å². The van der Waals surface area contributed by atoms with Gasteiger partial charge in [-0.2, -0.15) is 0 Å². The van der Waals surface area contributed by atoms with E-state index in [0.29, 0.717) is 36.8 Å². The van der Waals surface area contributed by atoms with E-state index in [4.69, 9.17) is 0 Å². The Labute approximate surface area is 140 Å². The van der Waals surface area contributed by atoms with Crippen LogP contribution in [-0.4, -0.2) is 17.3 Å². The lowest BCUT2D eigenvalue weighted by Gasteiger charge is -2.20. The highest BCUT2D eigenvalue weighted by atomic mass is 16.2. The van der Waals surface area contributed by atoms with Crippen molar-refractivity contribution in [1.82, 2.24) is 0 Å². The molecule has 0 amide bonds. The molecule has 2 aliphatic rings. The Balaban J connectivity index is 1.64. The van der Waals surface area contributed by atoms with Crippen molar-refractivity contribution in [1.29, 1.82) is 0 Å². The molecule has 2 aromatic rings. The highest BCUT2D eigenvalue weighted by Crippen LogP contribution is 2.60. The Kier molecular flexibility index (Phi) is 3.27. The quantitative estimate of drug-likeness (QED) is 0.600. The fourth-order valence-electron chi connectivity index (χ4n) is 3.55. The molecule has 0 bridgehead atoms. The number of hydrogen-bond acceptors (Lipinski definition) is 3. The van der Waals surface area contributed by atoms with Gasteiger partial charge in [0, 0.05) is 11.1 Å². The second-order valence-electron chi connectivity index (χ2n) is 6.88. The summed E-state index contributed by atoms with van der Waals surface area (Å²) in [6, 6.07) is 17.9. The van der Waals surface area contributed by atoms with Gasteiger partial charge in [0.1, 0.15) is 0 Å². The van der Waals surface area contributed by atoms with Gasteiger partial charge in [-0.25, -0.2) is 0 Å². The summed E-state index contributed by atoms with van der Waals surface area (Å²) in [6.07, 6.45) is 2.24. The smallest absolute Gasteiger partial charge is 0.176 e. The van der Waals surface area contributed by atoms with Crippen molar-refractivity contribution >= 4 is 17.3 Å². The second-order valence-corrected chi connectivity index (χ2v) is 6.88. The van der Waals surface area contributed by atoms with Gasteiger partial charge < -0.3 is 0 Å². The molecule has 120 valence electrons. The third-order valence-electron chi connectivity index (χ3n) is 5.31. The number of rotatable bonds is 6. The molecule has 3 heteroatoms. The molecule has 2 aromatic carbocycles. The van der Waals surface area contributed by atoms with Crippen LogP contribution in [0.15, 0.2) is 60.7 Å². The zero-order valence-electron chi connectivity index (χ0n) is 13.3. The first-order valence-corrected chi connectivity index (χ1v) is 8.35. The molecule has 0 N–H and O–H groups in total. The highest BCUT2D eigenvalue weighted by molar-refractivity contribution is 6.26. The molecule has 0 spiro atoms. The van der Waals surface area contributed by atoms with Gasteiger partial charge in [0.2, 0.25) is 0 Å². The molecule has 0 atom stereocenters. The molecule has 2 fully saturated rings. The topological polar surface area (TPSA) is 51.2 Å². The van der Waals surface area contributed by atoms with Crippen molar-refractivity contribution in [3.8, 4) is 0 Å². The number of carbonyl (C=O) groups is 3. The minimum atomic E-state index is -0.970.